The summed E-state index contributed by atoms with van der Waals surface area (Å²) in [6.07, 6.45) is 10.3. The molecule has 0 aromatic rings. The topological polar surface area (TPSA) is 126 Å². The summed E-state index contributed by atoms with van der Waals surface area (Å²) in [5.74, 6) is 1.86. The maximum atomic E-state index is 11.8. The van der Waals surface area contributed by atoms with Crippen molar-refractivity contribution in [3.05, 3.63) is 11.6 Å². The molecule has 2 N–H and O–H groups in total. The van der Waals surface area contributed by atoms with E-state index in [0.29, 0.717) is 36.9 Å². The lowest BCUT2D eigenvalue weighted by atomic mass is 9.64. The van der Waals surface area contributed by atoms with Gasteiger partial charge in [-0.25, -0.2) is 4.79 Å². The van der Waals surface area contributed by atoms with Gasteiger partial charge in [-0.1, -0.05) is 74.8 Å². The van der Waals surface area contributed by atoms with Crippen LogP contribution in [0, 0.1) is 33.5 Å². The lowest BCUT2D eigenvalue weighted by Crippen LogP contribution is -2.54. The number of hydrogen-bond acceptors (Lipinski definition) is 6. The lowest BCUT2D eigenvalue weighted by molar-refractivity contribution is -0.133. The van der Waals surface area contributed by atoms with E-state index in [2.05, 4.69) is 66.0 Å². The van der Waals surface area contributed by atoms with Gasteiger partial charge in [0.05, 0.1) is 6.42 Å². The number of Topliss-reactive ketones (excluding diaryl/α,β-unsaturated/α-hetero) is 3. The van der Waals surface area contributed by atoms with Crippen LogP contribution in [0.1, 0.15) is 147 Å². The maximum absolute atomic E-state index is 11.8. The normalized spacial score (nSPS) is 31.1. The second-order valence-electron chi connectivity index (χ2n) is 18.0. The fourth-order valence-electron chi connectivity index (χ4n) is 8.59. The molecule has 8 heteroatoms. The number of nitrogens with one attached hydrogen (secondary N) is 2. The number of imide groups is 1. The molecular weight excluding hydrogens is 568 g/mol. The van der Waals surface area contributed by atoms with E-state index in [9.17, 15) is 28.8 Å². The Hall–Kier alpha value is -2.64. The first-order valence-corrected chi connectivity index (χ1v) is 16.7. The molecule has 3 saturated carbocycles. The van der Waals surface area contributed by atoms with Gasteiger partial charge in [0.2, 0.25) is 0 Å². The van der Waals surface area contributed by atoms with Crippen LogP contribution < -0.4 is 10.6 Å². The van der Waals surface area contributed by atoms with Crippen LogP contribution in [0.25, 0.3) is 0 Å². The van der Waals surface area contributed by atoms with E-state index < -0.39 is 5.54 Å². The Kier molecular flexibility index (Phi) is 12.3. The van der Waals surface area contributed by atoms with Gasteiger partial charge in [0.1, 0.15) is 22.9 Å². The largest absolute Gasteiger partial charge is 0.323 e. The Morgan fingerprint density at radius 2 is 1.13 bits per heavy atom. The van der Waals surface area contributed by atoms with Crippen molar-refractivity contribution in [2.24, 2.45) is 33.5 Å². The number of hydrogen-bond donors (Lipinski definition) is 2. The van der Waals surface area contributed by atoms with Crippen LogP contribution in [-0.4, -0.2) is 40.6 Å². The van der Waals surface area contributed by atoms with E-state index in [1.807, 2.05) is 20.8 Å². The third kappa shape index (κ3) is 12.9. The third-order valence-corrected chi connectivity index (χ3v) is 9.11. The number of carbonyl (C=O) groups is 6. The van der Waals surface area contributed by atoms with Crippen molar-refractivity contribution in [1.29, 1.82) is 0 Å². The zero-order valence-corrected chi connectivity index (χ0v) is 30.0. The monoisotopic (exact) mass is 628 g/mol. The van der Waals surface area contributed by atoms with E-state index in [1.165, 1.54) is 12.0 Å². The van der Waals surface area contributed by atoms with Crippen LogP contribution in [0.15, 0.2) is 11.6 Å². The molecule has 254 valence electrons. The average Bonchev–Trinajstić information content (AvgIpc) is 2.99. The SMILES string of the molecule is CC1(C)CC(=O)CC(=O)C1.CC1=CC(=O)CC(C)(C)C1.CC1CC(=O)CC(C)(C)C1.CC1CC(C)(C)CC2(C1)NC(=O)NC2=O. The van der Waals surface area contributed by atoms with Crippen LogP contribution in [-0.2, 0) is 24.0 Å². The molecule has 0 bridgehead atoms. The molecular formula is C37H60N2O6. The third-order valence-electron chi connectivity index (χ3n) is 9.11. The van der Waals surface area contributed by atoms with Crippen molar-refractivity contribution < 1.29 is 28.8 Å². The molecule has 4 fully saturated rings. The number of rotatable bonds is 0. The summed E-state index contributed by atoms with van der Waals surface area (Å²) in [5.41, 5.74) is 1.10. The standard InChI is InChI=1S/C11H18N2O2.C9H16O.C9H14O.C8H12O2/c1-7-4-10(2,3)6-11(5-7)8(14)12-9(15)13-11;2*1-7-4-8(10)6-9(2,3)5-7;1-8(2)4-6(9)3-7(10)5-8/h7H,4-6H2,1-3H3,(H2,12,13,14,15);7H,4-6H2,1-3H3;4H,5-6H2,1-3H3;3-5H2,1-2H3. The molecule has 0 radical (unpaired) electrons. The summed E-state index contributed by atoms with van der Waals surface area (Å²) >= 11 is 0. The van der Waals surface area contributed by atoms with Crippen molar-refractivity contribution >= 4 is 35.1 Å². The van der Waals surface area contributed by atoms with Crippen molar-refractivity contribution in [2.45, 2.75) is 152 Å². The molecule has 1 aliphatic heterocycles. The molecule has 3 atom stereocenters. The number of amides is 3. The number of allylic oxidation sites excluding steroid dienone is 2. The van der Waals surface area contributed by atoms with Crippen molar-refractivity contribution in [3.8, 4) is 0 Å². The van der Waals surface area contributed by atoms with Crippen LogP contribution in [0.3, 0.4) is 0 Å². The molecule has 0 aromatic heterocycles. The molecule has 5 rings (SSSR count). The Labute approximate surface area is 271 Å². The zero-order chi connectivity index (χ0) is 34.6. The van der Waals surface area contributed by atoms with Gasteiger partial charge in [0, 0.05) is 32.1 Å². The number of urea groups is 1. The van der Waals surface area contributed by atoms with E-state index in [1.54, 1.807) is 6.08 Å². The Balaban J connectivity index is 0.000000213. The van der Waals surface area contributed by atoms with E-state index in [-0.39, 0.29) is 57.4 Å². The molecule has 1 heterocycles. The Morgan fingerprint density at radius 1 is 0.622 bits per heavy atom. The van der Waals surface area contributed by atoms with Gasteiger partial charge >= 0.3 is 6.03 Å². The summed E-state index contributed by atoms with van der Waals surface area (Å²) < 4.78 is 0. The highest BCUT2D eigenvalue weighted by atomic mass is 16.2. The first kappa shape index (κ1) is 38.5. The smallest absolute Gasteiger partial charge is 0.322 e. The van der Waals surface area contributed by atoms with Crippen molar-refractivity contribution in [3.63, 3.8) is 0 Å². The van der Waals surface area contributed by atoms with Crippen LogP contribution >= 0.6 is 0 Å². The van der Waals surface area contributed by atoms with Crippen molar-refractivity contribution in [2.75, 3.05) is 0 Å². The quantitative estimate of drug-likeness (QED) is 0.212. The van der Waals surface area contributed by atoms with Gasteiger partial charge in [-0.05, 0) is 78.6 Å². The predicted octanol–water partition coefficient (Wildman–Crippen LogP) is 7.47. The minimum Gasteiger partial charge on any atom is -0.323 e. The van der Waals surface area contributed by atoms with Gasteiger partial charge in [-0.3, -0.25) is 29.3 Å². The second kappa shape index (κ2) is 14.4. The molecule has 5 aliphatic rings. The summed E-state index contributed by atoms with van der Waals surface area (Å²) in [6, 6.07) is -0.343. The minimum atomic E-state index is -0.641. The average molecular weight is 629 g/mol. The molecule has 3 amide bonds. The molecule has 0 aromatic carbocycles. The van der Waals surface area contributed by atoms with Crippen LogP contribution in [0.5, 0.6) is 0 Å². The van der Waals surface area contributed by atoms with E-state index in [0.717, 1.165) is 38.5 Å². The summed E-state index contributed by atoms with van der Waals surface area (Å²) in [4.78, 5) is 66.8. The number of carbonyl (C=O) groups excluding carboxylic acids is 6. The highest BCUT2D eigenvalue weighted by Gasteiger charge is 2.52. The molecule has 1 saturated heterocycles. The summed E-state index contributed by atoms with van der Waals surface area (Å²) in [6.45, 7) is 23.2. The summed E-state index contributed by atoms with van der Waals surface area (Å²) in [5, 5.41) is 5.15. The molecule has 1 spiro atoms. The van der Waals surface area contributed by atoms with Gasteiger partial charge in [-0.2, -0.15) is 0 Å². The number of ketones is 4. The fraction of sp³-hybridized carbons (Fsp3) is 0.784. The Bertz CT molecular complexity index is 1190. The van der Waals surface area contributed by atoms with Gasteiger partial charge < -0.3 is 5.32 Å². The van der Waals surface area contributed by atoms with Crippen LogP contribution in [0.4, 0.5) is 4.79 Å². The highest BCUT2D eigenvalue weighted by Crippen LogP contribution is 2.45. The van der Waals surface area contributed by atoms with Gasteiger partial charge in [-0.15, -0.1) is 0 Å². The van der Waals surface area contributed by atoms with E-state index in [4.69, 9.17) is 0 Å². The first-order valence-electron chi connectivity index (χ1n) is 16.7. The van der Waals surface area contributed by atoms with Gasteiger partial charge in [0.25, 0.3) is 5.91 Å². The fourth-order valence-corrected chi connectivity index (χ4v) is 8.59. The Morgan fingerprint density at radius 3 is 1.53 bits per heavy atom. The molecule has 8 nitrogen and oxygen atoms in total. The van der Waals surface area contributed by atoms with Gasteiger partial charge in [0.15, 0.2) is 5.78 Å². The van der Waals surface area contributed by atoms with Crippen molar-refractivity contribution in [1.82, 2.24) is 10.6 Å². The zero-order valence-electron chi connectivity index (χ0n) is 30.0. The second-order valence-corrected chi connectivity index (χ2v) is 18.0. The molecule has 3 unspecified atom stereocenters. The first-order chi connectivity index (χ1) is 20.3. The highest BCUT2D eigenvalue weighted by molar-refractivity contribution is 6.07. The minimum absolute atomic E-state index is 0.0770. The van der Waals surface area contributed by atoms with Crippen LogP contribution in [0.2, 0.25) is 0 Å². The molecule has 45 heavy (non-hydrogen) atoms. The molecule has 4 aliphatic carbocycles. The lowest BCUT2D eigenvalue weighted by Gasteiger charge is -2.43. The summed E-state index contributed by atoms with van der Waals surface area (Å²) in [7, 11) is 0. The van der Waals surface area contributed by atoms with E-state index >= 15 is 0 Å². The maximum Gasteiger partial charge on any atom is 0.322 e. The predicted molar refractivity (Wildman–Crippen MR) is 177 cm³/mol.